The van der Waals surface area contributed by atoms with Crippen LogP contribution in [0.5, 0.6) is 28.7 Å². The van der Waals surface area contributed by atoms with E-state index in [1.54, 1.807) is 13.2 Å². The number of esters is 1. The zero-order chi connectivity index (χ0) is 19.0. The van der Waals surface area contributed by atoms with E-state index in [1.807, 2.05) is 31.2 Å². The number of benzene rings is 2. The summed E-state index contributed by atoms with van der Waals surface area (Å²) in [6, 6.07) is 9.28. The van der Waals surface area contributed by atoms with Crippen LogP contribution in [-0.2, 0) is 4.79 Å². The van der Waals surface area contributed by atoms with Gasteiger partial charge in [0.1, 0.15) is 12.4 Å². The van der Waals surface area contributed by atoms with Gasteiger partial charge in [-0.2, -0.15) is 0 Å². The molecule has 2 heterocycles. The van der Waals surface area contributed by atoms with Crippen LogP contribution in [0.3, 0.4) is 0 Å². The number of rotatable bonds is 5. The molecular formula is C21H20O6. The minimum Gasteiger partial charge on any atom is -0.493 e. The zero-order valence-corrected chi connectivity index (χ0v) is 15.2. The maximum absolute atomic E-state index is 12.1. The van der Waals surface area contributed by atoms with Crippen molar-refractivity contribution in [3.8, 4) is 28.7 Å². The summed E-state index contributed by atoms with van der Waals surface area (Å²) in [7, 11) is 1.59. The van der Waals surface area contributed by atoms with Gasteiger partial charge in [-0.3, -0.25) is 4.79 Å². The van der Waals surface area contributed by atoms with Crippen molar-refractivity contribution in [1.82, 2.24) is 0 Å². The second kappa shape index (κ2) is 6.87. The molecule has 0 saturated heterocycles. The van der Waals surface area contributed by atoms with E-state index >= 15 is 0 Å². The number of carbonyl (C=O) groups is 1. The molecular weight excluding hydrogens is 348 g/mol. The van der Waals surface area contributed by atoms with E-state index in [0.717, 1.165) is 16.7 Å². The molecule has 0 aromatic heterocycles. The van der Waals surface area contributed by atoms with E-state index in [0.29, 0.717) is 35.4 Å². The summed E-state index contributed by atoms with van der Waals surface area (Å²) in [5, 5.41) is 0. The molecule has 6 nitrogen and oxygen atoms in total. The fourth-order valence-electron chi connectivity index (χ4n) is 3.26. The normalized spacial score (nSPS) is 17.1. The zero-order valence-electron chi connectivity index (χ0n) is 15.2. The van der Waals surface area contributed by atoms with Crippen LogP contribution in [0.15, 0.2) is 42.5 Å². The smallest absolute Gasteiger partial charge is 0.312 e. The molecule has 2 aliphatic heterocycles. The molecule has 1 atom stereocenters. The predicted molar refractivity (Wildman–Crippen MR) is 98.0 cm³/mol. The molecule has 4 rings (SSSR count). The van der Waals surface area contributed by atoms with E-state index in [9.17, 15) is 4.79 Å². The standard InChI is InChI=1S/C21H20O6/c1-12(2)10-24-16-5-4-13(6-18(16)23-3)14-8-21(22)27-17-9-20-19(7-15(14)17)25-11-26-20/h4-7,9,14H,1,8,10-11H2,2-3H3. The summed E-state index contributed by atoms with van der Waals surface area (Å²) in [6.45, 7) is 6.32. The molecule has 0 N–H and O–H groups in total. The Morgan fingerprint density at radius 1 is 1.15 bits per heavy atom. The van der Waals surface area contributed by atoms with Crippen molar-refractivity contribution < 1.29 is 28.5 Å². The van der Waals surface area contributed by atoms with Gasteiger partial charge in [-0.1, -0.05) is 12.6 Å². The number of ether oxygens (including phenoxy) is 5. The van der Waals surface area contributed by atoms with E-state index in [4.69, 9.17) is 23.7 Å². The van der Waals surface area contributed by atoms with E-state index < -0.39 is 0 Å². The number of methoxy groups -OCH3 is 1. The van der Waals surface area contributed by atoms with Crippen molar-refractivity contribution in [2.24, 2.45) is 0 Å². The Bertz CT molecular complexity index is 917. The molecule has 1 unspecified atom stereocenters. The Hall–Kier alpha value is -3.15. The first-order valence-electron chi connectivity index (χ1n) is 8.64. The van der Waals surface area contributed by atoms with Gasteiger partial charge in [0.25, 0.3) is 0 Å². The summed E-state index contributed by atoms with van der Waals surface area (Å²) in [6.07, 6.45) is 0.238. The van der Waals surface area contributed by atoms with Crippen molar-refractivity contribution in [3.63, 3.8) is 0 Å². The van der Waals surface area contributed by atoms with Gasteiger partial charge in [-0.25, -0.2) is 0 Å². The van der Waals surface area contributed by atoms with E-state index in [1.165, 1.54) is 0 Å². The number of carbonyl (C=O) groups excluding carboxylic acids is 1. The highest BCUT2D eigenvalue weighted by Crippen LogP contribution is 2.46. The topological polar surface area (TPSA) is 63.2 Å². The molecule has 2 aliphatic rings. The molecule has 0 bridgehead atoms. The Labute approximate surface area is 157 Å². The van der Waals surface area contributed by atoms with Crippen molar-refractivity contribution in [1.29, 1.82) is 0 Å². The Morgan fingerprint density at radius 3 is 2.67 bits per heavy atom. The molecule has 27 heavy (non-hydrogen) atoms. The number of hydrogen-bond donors (Lipinski definition) is 0. The predicted octanol–water partition coefficient (Wildman–Crippen LogP) is 3.82. The van der Waals surface area contributed by atoms with Crippen LogP contribution >= 0.6 is 0 Å². The molecule has 140 valence electrons. The first kappa shape index (κ1) is 17.3. The number of fused-ring (bicyclic) bond motifs is 2. The molecule has 0 fully saturated rings. The Morgan fingerprint density at radius 2 is 1.93 bits per heavy atom. The summed E-state index contributed by atoms with van der Waals surface area (Å²) >= 11 is 0. The Kier molecular flexibility index (Phi) is 4.39. The van der Waals surface area contributed by atoms with Crippen LogP contribution in [0.1, 0.15) is 30.4 Å². The monoisotopic (exact) mass is 368 g/mol. The minimum atomic E-state index is -0.284. The molecule has 0 amide bonds. The highest BCUT2D eigenvalue weighted by molar-refractivity contribution is 5.78. The van der Waals surface area contributed by atoms with Crippen LogP contribution in [-0.4, -0.2) is 26.5 Å². The molecule has 2 aromatic rings. The molecule has 0 radical (unpaired) electrons. The molecule has 6 heteroatoms. The lowest BCUT2D eigenvalue weighted by Gasteiger charge is -2.25. The largest absolute Gasteiger partial charge is 0.493 e. The lowest BCUT2D eigenvalue weighted by Crippen LogP contribution is -2.21. The summed E-state index contributed by atoms with van der Waals surface area (Å²) in [5.74, 6) is 2.53. The van der Waals surface area contributed by atoms with E-state index in [2.05, 4.69) is 6.58 Å². The first-order chi connectivity index (χ1) is 13.0. The highest BCUT2D eigenvalue weighted by Gasteiger charge is 2.32. The van der Waals surface area contributed by atoms with Gasteiger partial charge >= 0.3 is 5.97 Å². The van der Waals surface area contributed by atoms with Gasteiger partial charge in [0.15, 0.2) is 23.0 Å². The molecule has 0 saturated carbocycles. The molecule has 0 spiro atoms. The van der Waals surface area contributed by atoms with Crippen LogP contribution in [0, 0.1) is 0 Å². The van der Waals surface area contributed by atoms with Crippen LogP contribution < -0.4 is 23.7 Å². The maximum atomic E-state index is 12.1. The van der Waals surface area contributed by atoms with Crippen molar-refractivity contribution in [2.75, 3.05) is 20.5 Å². The summed E-state index contributed by atoms with van der Waals surface area (Å²) in [4.78, 5) is 12.1. The third kappa shape index (κ3) is 3.30. The third-order valence-electron chi connectivity index (χ3n) is 4.54. The average molecular weight is 368 g/mol. The lowest BCUT2D eigenvalue weighted by atomic mass is 9.86. The van der Waals surface area contributed by atoms with Gasteiger partial charge in [0.2, 0.25) is 6.79 Å². The summed E-state index contributed by atoms with van der Waals surface area (Å²) < 4.78 is 27.5. The Balaban J connectivity index is 1.71. The van der Waals surface area contributed by atoms with Crippen LogP contribution in [0.25, 0.3) is 0 Å². The van der Waals surface area contributed by atoms with Gasteiger partial charge in [-0.05, 0) is 36.3 Å². The minimum absolute atomic E-state index is 0.166. The van der Waals surface area contributed by atoms with Gasteiger partial charge in [0.05, 0.1) is 13.5 Å². The molecule has 2 aromatic carbocycles. The fourth-order valence-corrected chi connectivity index (χ4v) is 3.26. The van der Waals surface area contributed by atoms with E-state index in [-0.39, 0.29) is 25.1 Å². The van der Waals surface area contributed by atoms with Gasteiger partial charge < -0.3 is 23.7 Å². The van der Waals surface area contributed by atoms with Crippen molar-refractivity contribution in [3.05, 3.63) is 53.6 Å². The highest BCUT2D eigenvalue weighted by atomic mass is 16.7. The second-order valence-electron chi connectivity index (χ2n) is 6.63. The van der Waals surface area contributed by atoms with Crippen LogP contribution in [0.4, 0.5) is 0 Å². The SMILES string of the molecule is C=C(C)COc1ccc(C2CC(=O)Oc3cc4c(cc32)OCO4)cc1OC. The average Bonchev–Trinajstić information content (AvgIpc) is 3.11. The van der Waals surface area contributed by atoms with Crippen molar-refractivity contribution >= 4 is 5.97 Å². The summed E-state index contributed by atoms with van der Waals surface area (Å²) in [5.41, 5.74) is 2.74. The number of hydrogen-bond acceptors (Lipinski definition) is 6. The van der Waals surface area contributed by atoms with Crippen LogP contribution in [0.2, 0.25) is 0 Å². The third-order valence-corrected chi connectivity index (χ3v) is 4.54. The van der Waals surface area contributed by atoms with Gasteiger partial charge in [-0.15, -0.1) is 0 Å². The quantitative estimate of drug-likeness (QED) is 0.454. The maximum Gasteiger partial charge on any atom is 0.312 e. The van der Waals surface area contributed by atoms with Gasteiger partial charge in [0, 0.05) is 17.5 Å². The fraction of sp³-hybridized carbons (Fsp3) is 0.286. The lowest BCUT2D eigenvalue weighted by molar-refractivity contribution is -0.135. The first-order valence-corrected chi connectivity index (χ1v) is 8.64. The van der Waals surface area contributed by atoms with Crippen molar-refractivity contribution in [2.45, 2.75) is 19.3 Å². The molecule has 0 aliphatic carbocycles. The second-order valence-corrected chi connectivity index (χ2v) is 6.63.